The maximum atomic E-state index is 11.1. The minimum atomic E-state index is -2.94. The molecule has 1 N–H and O–H groups in total. The van der Waals surface area contributed by atoms with Crippen molar-refractivity contribution in [2.75, 3.05) is 12.0 Å². The van der Waals surface area contributed by atoms with E-state index in [1.807, 2.05) is 44.2 Å². The molecule has 1 rings (SSSR count). The number of benzene rings is 1. The number of sulfone groups is 1. The Morgan fingerprint density at radius 3 is 2.28 bits per heavy atom. The third kappa shape index (κ3) is 4.42. The van der Waals surface area contributed by atoms with Crippen molar-refractivity contribution in [3.63, 3.8) is 0 Å². The van der Waals surface area contributed by atoms with Crippen LogP contribution in [0.2, 0.25) is 0 Å². The van der Waals surface area contributed by atoms with Crippen LogP contribution in [0, 0.1) is 0 Å². The van der Waals surface area contributed by atoms with Gasteiger partial charge in [0.25, 0.3) is 0 Å². The first-order valence-corrected chi connectivity index (χ1v) is 8.21. The van der Waals surface area contributed by atoms with Gasteiger partial charge in [0.2, 0.25) is 0 Å². The van der Waals surface area contributed by atoms with Gasteiger partial charge in [0.1, 0.15) is 9.84 Å². The highest BCUT2D eigenvalue weighted by Crippen LogP contribution is 2.29. The van der Waals surface area contributed by atoms with Crippen molar-refractivity contribution >= 4 is 9.84 Å². The Morgan fingerprint density at radius 2 is 1.78 bits per heavy atom. The molecule has 1 aromatic rings. The predicted octanol–water partition coefficient (Wildman–Crippen LogP) is 2.15. The third-order valence-corrected chi connectivity index (χ3v) is 4.37. The third-order valence-electron chi connectivity index (χ3n) is 3.34. The van der Waals surface area contributed by atoms with Crippen LogP contribution in [0.3, 0.4) is 0 Å². The molecular weight excluding hydrogens is 248 g/mol. The SMILES string of the molecule is CC(C)(c1ccccc1)C(O)CCCS(C)(=O)=O. The molecule has 0 bridgehead atoms. The zero-order valence-corrected chi connectivity index (χ0v) is 12.1. The molecule has 0 saturated heterocycles. The zero-order chi connectivity index (χ0) is 13.8. The molecule has 18 heavy (non-hydrogen) atoms. The standard InChI is InChI=1S/C14H22O3S/c1-14(2,12-8-5-4-6-9-12)13(15)10-7-11-18(3,16)17/h4-6,8-9,13,15H,7,10-11H2,1-3H3. The van der Waals surface area contributed by atoms with E-state index in [0.29, 0.717) is 12.8 Å². The molecule has 1 unspecified atom stereocenters. The summed E-state index contributed by atoms with van der Waals surface area (Å²) < 4.78 is 22.1. The summed E-state index contributed by atoms with van der Waals surface area (Å²) in [6.45, 7) is 3.96. The summed E-state index contributed by atoms with van der Waals surface area (Å²) in [5.74, 6) is 0.134. The highest BCUT2D eigenvalue weighted by Gasteiger charge is 2.29. The molecule has 1 atom stereocenters. The van der Waals surface area contributed by atoms with Gasteiger partial charge in [0.05, 0.1) is 6.10 Å². The van der Waals surface area contributed by atoms with Gasteiger partial charge < -0.3 is 5.11 Å². The Labute approximate surface area is 110 Å². The van der Waals surface area contributed by atoms with Gasteiger partial charge in [-0.3, -0.25) is 0 Å². The predicted molar refractivity (Wildman–Crippen MR) is 74.4 cm³/mol. The monoisotopic (exact) mass is 270 g/mol. The Kier molecular flexibility index (Phi) is 4.93. The normalized spacial score (nSPS) is 14.4. The van der Waals surface area contributed by atoms with Crippen molar-refractivity contribution in [3.05, 3.63) is 35.9 Å². The molecule has 0 spiro atoms. The Balaban J connectivity index is 2.63. The summed E-state index contributed by atoms with van der Waals surface area (Å²) in [6.07, 6.45) is 1.68. The number of aliphatic hydroxyl groups excluding tert-OH is 1. The van der Waals surface area contributed by atoms with E-state index in [2.05, 4.69) is 0 Å². The Hall–Kier alpha value is -0.870. The molecule has 0 heterocycles. The van der Waals surface area contributed by atoms with Gasteiger partial charge in [0, 0.05) is 17.4 Å². The van der Waals surface area contributed by atoms with Crippen LogP contribution in [0.25, 0.3) is 0 Å². The fourth-order valence-corrected chi connectivity index (χ4v) is 2.65. The summed E-state index contributed by atoms with van der Waals surface area (Å²) in [4.78, 5) is 0. The lowest BCUT2D eigenvalue weighted by Crippen LogP contribution is -2.33. The van der Waals surface area contributed by atoms with Crippen LogP contribution >= 0.6 is 0 Å². The molecule has 0 fully saturated rings. The first-order valence-electron chi connectivity index (χ1n) is 6.15. The first kappa shape index (κ1) is 15.2. The highest BCUT2D eigenvalue weighted by atomic mass is 32.2. The van der Waals surface area contributed by atoms with Gasteiger partial charge in [-0.05, 0) is 18.4 Å². The van der Waals surface area contributed by atoms with E-state index in [-0.39, 0.29) is 11.2 Å². The van der Waals surface area contributed by atoms with Crippen molar-refractivity contribution in [1.82, 2.24) is 0 Å². The average Bonchev–Trinajstić information content (AvgIpc) is 2.28. The zero-order valence-electron chi connectivity index (χ0n) is 11.3. The van der Waals surface area contributed by atoms with E-state index >= 15 is 0 Å². The van der Waals surface area contributed by atoms with Crippen LogP contribution in [0.15, 0.2) is 30.3 Å². The summed E-state index contributed by atoms with van der Waals surface area (Å²) in [6, 6.07) is 9.80. The quantitative estimate of drug-likeness (QED) is 0.861. The van der Waals surface area contributed by atoms with Crippen molar-refractivity contribution in [1.29, 1.82) is 0 Å². The van der Waals surface area contributed by atoms with Crippen molar-refractivity contribution in [2.24, 2.45) is 0 Å². The molecule has 4 heteroatoms. The minimum Gasteiger partial charge on any atom is -0.392 e. The second kappa shape index (κ2) is 5.85. The maximum absolute atomic E-state index is 11.1. The molecule has 0 saturated carbocycles. The fraction of sp³-hybridized carbons (Fsp3) is 0.571. The van der Waals surface area contributed by atoms with Crippen LogP contribution in [0.5, 0.6) is 0 Å². The molecule has 0 aliphatic carbocycles. The van der Waals surface area contributed by atoms with E-state index in [4.69, 9.17) is 0 Å². The van der Waals surface area contributed by atoms with Gasteiger partial charge in [0.15, 0.2) is 0 Å². The van der Waals surface area contributed by atoms with Gasteiger partial charge in [-0.1, -0.05) is 44.2 Å². The fourth-order valence-electron chi connectivity index (χ4n) is 1.96. The molecule has 0 amide bonds. The van der Waals surface area contributed by atoms with E-state index < -0.39 is 15.9 Å². The molecular formula is C14H22O3S. The van der Waals surface area contributed by atoms with Gasteiger partial charge >= 0.3 is 0 Å². The number of aliphatic hydroxyl groups is 1. The Morgan fingerprint density at radius 1 is 1.22 bits per heavy atom. The van der Waals surface area contributed by atoms with Crippen molar-refractivity contribution in [2.45, 2.75) is 38.2 Å². The summed E-state index contributed by atoms with van der Waals surface area (Å²) in [5, 5.41) is 10.2. The topological polar surface area (TPSA) is 54.4 Å². The number of hydrogen-bond acceptors (Lipinski definition) is 3. The van der Waals surface area contributed by atoms with Crippen LogP contribution < -0.4 is 0 Å². The summed E-state index contributed by atoms with van der Waals surface area (Å²) >= 11 is 0. The van der Waals surface area contributed by atoms with Gasteiger partial charge in [-0.15, -0.1) is 0 Å². The first-order chi connectivity index (χ1) is 8.23. The van der Waals surface area contributed by atoms with Gasteiger partial charge in [-0.25, -0.2) is 8.42 Å². The molecule has 0 aliphatic heterocycles. The molecule has 3 nitrogen and oxygen atoms in total. The van der Waals surface area contributed by atoms with Crippen molar-refractivity contribution < 1.29 is 13.5 Å². The van der Waals surface area contributed by atoms with Crippen LogP contribution in [0.4, 0.5) is 0 Å². The lowest BCUT2D eigenvalue weighted by atomic mass is 9.78. The molecule has 0 aliphatic rings. The summed E-state index contributed by atoms with van der Waals surface area (Å²) in [7, 11) is -2.94. The van der Waals surface area contributed by atoms with Crippen molar-refractivity contribution in [3.8, 4) is 0 Å². The smallest absolute Gasteiger partial charge is 0.147 e. The highest BCUT2D eigenvalue weighted by molar-refractivity contribution is 7.90. The van der Waals surface area contributed by atoms with E-state index in [0.717, 1.165) is 5.56 Å². The average molecular weight is 270 g/mol. The Bertz CT molecular complexity index is 463. The van der Waals surface area contributed by atoms with E-state index in [1.54, 1.807) is 0 Å². The molecule has 0 radical (unpaired) electrons. The van der Waals surface area contributed by atoms with Crippen LogP contribution in [0.1, 0.15) is 32.3 Å². The number of rotatable bonds is 6. The molecule has 0 aromatic heterocycles. The second-order valence-electron chi connectivity index (χ2n) is 5.38. The largest absolute Gasteiger partial charge is 0.392 e. The number of hydrogen-bond donors (Lipinski definition) is 1. The van der Waals surface area contributed by atoms with Crippen LogP contribution in [-0.2, 0) is 15.3 Å². The minimum absolute atomic E-state index is 0.134. The summed E-state index contributed by atoms with van der Waals surface area (Å²) in [5.41, 5.74) is 0.704. The van der Waals surface area contributed by atoms with E-state index in [1.165, 1.54) is 6.26 Å². The maximum Gasteiger partial charge on any atom is 0.147 e. The van der Waals surface area contributed by atoms with E-state index in [9.17, 15) is 13.5 Å². The molecule has 102 valence electrons. The van der Waals surface area contributed by atoms with Crippen LogP contribution in [-0.4, -0.2) is 31.6 Å². The molecule has 1 aromatic carbocycles. The lowest BCUT2D eigenvalue weighted by Gasteiger charge is -2.31. The lowest BCUT2D eigenvalue weighted by molar-refractivity contribution is 0.0907. The second-order valence-corrected chi connectivity index (χ2v) is 7.64. The van der Waals surface area contributed by atoms with Gasteiger partial charge in [-0.2, -0.15) is 0 Å².